The fraction of sp³-hybridized carbons (Fsp3) is 0.538. The quantitative estimate of drug-likeness (QED) is 0.797. The van der Waals surface area contributed by atoms with Crippen molar-refractivity contribution < 1.29 is 4.74 Å². The van der Waals surface area contributed by atoms with Crippen LogP contribution < -0.4 is 15.4 Å². The Hall–Kier alpha value is -1.22. The van der Waals surface area contributed by atoms with Crippen molar-refractivity contribution in [3.8, 4) is 5.75 Å². The Morgan fingerprint density at radius 3 is 2.81 bits per heavy atom. The molecular weight excluding hydrogens is 200 g/mol. The van der Waals surface area contributed by atoms with E-state index in [4.69, 9.17) is 4.74 Å². The summed E-state index contributed by atoms with van der Waals surface area (Å²) in [5.41, 5.74) is 1.18. The van der Waals surface area contributed by atoms with Crippen LogP contribution in [0.1, 0.15) is 13.3 Å². The first kappa shape index (κ1) is 11.3. The van der Waals surface area contributed by atoms with Crippen molar-refractivity contribution in [1.82, 2.24) is 5.32 Å². The molecule has 2 N–H and O–H groups in total. The summed E-state index contributed by atoms with van der Waals surface area (Å²) in [7, 11) is 0. The van der Waals surface area contributed by atoms with Crippen LogP contribution in [0.2, 0.25) is 0 Å². The molecule has 0 spiro atoms. The summed E-state index contributed by atoms with van der Waals surface area (Å²) >= 11 is 0. The third kappa shape index (κ3) is 3.14. The number of rotatable bonds is 5. The van der Waals surface area contributed by atoms with Gasteiger partial charge in [0.05, 0.1) is 6.61 Å². The Morgan fingerprint density at radius 2 is 2.19 bits per heavy atom. The topological polar surface area (TPSA) is 33.3 Å². The van der Waals surface area contributed by atoms with Gasteiger partial charge in [-0.05, 0) is 56.6 Å². The predicted octanol–water partition coefficient (Wildman–Crippen LogP) is 2.11. The van der Waals surface area contributed by atoms with E-state index in [-0.39, 0.29) is 0 Å². The van der Waals surface area contributed by atoms with Gasteiger partial charge < -0.3 is 15.4 Å². The van der Waals surface area contributed by atoms with Gasteiger partial charge in [-0.2, -0.15) is 0 Å². The molecule has 1 aliphatic heterocycles. The van der Waals surface area contributed by atoms with Gasteiger partial charge in [0.25, 0.3) is 0 Å². The standard InChI is InChI=1S/C13H20N2O/c1-2-16-13-5-3-12(4-6-13)15-10-11-7-8-14-9-11/h3-6,11,14-15H,2,7-10H2,1H3. The molecule has 0 amide bonds. The molecule has 0 radical (unpaired) electrons. The van der Waals surface area contributed by atoms with E-state index in [1.165, 1.54) is 12.1 Å². The minimum Gasteiger partial charge on any atom is -0.494 e. The van der Waals surface area contributed by atoms with Gasteiger partial charge in [-0.15, -0.1) is 0 Å². The summed E-state index contributed by atoms with van der Waals surface area (Å²) in [5.74, 6) is 1.71. The molecule has 1 heterocycles. The number of benzene rings is 1. The number of ether oxygens (including phenoxy) is 1. The normalized spacial score (nSPS) is 19.7. The van der Waals surface area contributed by atoms with Crippen LogP contribution in [-0.4, -0.2) is 26.2 Å². The molecule has 16 heavy (non-hydrogen) atoms. The maximum atomic E-state index is 5.40. The smallest absolute Gasteiger partial charge is 0.119 e. The Balaban J connectivity index is 1.80. The Morgan fingerprint density at radius 1 is 1.38 bits per heavy atom. The fourth-order valence-electron chi connectivity index (χ4n) is 1.99. The number of anilines is 1. The first-order chi connectivity index (χ1) is 7.88. The summed E-state index contributed by atoms with van der Waals surface area (Å²) in [4.78, 5) is 0. The highest BCUT2D eigenvalue weighted by Crippen LogP contribution is 2.16. The summed E-state index contributed by atoms with van der Waals surface area (Å²) in [6.07, 6.45) is 1.28. The monoisotopic (exact) mass is 220 g/mol. The van der Waals surface area contributed by atoms with Crippen molar-refractivity contribution in [1.29, 1.82) is 0 Å². The van der Waals surface area contributed by atoms with Crippen molar-refractivity contribution in [2.24, 2.45) is 5.92 Å². The highest BCUT2D eigenvalue weighted by atomic mass is 16.5. The minimum atomic E-state index is 0.723. The van der Waals surface area contributed by atoms with Crippen LogP contribution in [0, 0.1) is 5.92 Å². The molecule has 1 saturated heterocycles. The molecular formula is C13H20N2O. The molecule has 1 aromatic rings. The molecule has 1 aromatic carbocycles. The van der Waals surface area contributed by atoms with Gasteiger partial charge in [0.1, 0.15) is 5.75 Å². The second-order valence-corrected chi connectivity index (χ2v) is 4.20. The summed E-state index contributed by atoms with van der Waals surface area (Å²) in [6, 6.07) is 8.18. The maximum Gasteiger partial charge on any atom is 0.119 e. The number of nitrogens with one attached hydrogen (secondary N) is 2. The van der Waals surface area contributed by atoms with Crippen LogP contribution in [-0.2, 0) is 0 Å². The van der Waals surface area contributed by atoms with Gasteiger partial charge in [0.2, 0.25) is 0 Å². The SMILES string of the molecule is CCOc1ccc(NCC2CCNC2)cc1. The molecule has 1 atom stereocenters. The van der Waals surface area contributed by atoms with Crippen molar-refractivity contribution in [2.45, 2.75) is 13.3 Å². The van der Waals surface area contributed by atoms with Gasteiger partial charge in [-0.25, -0.2) is 0 Å². The van der Waals surface area contributed by atoms with E-state index in [0.717, 1.165) is 37.9 Å². The Bertz CT molecular complexity index is 304. The van der Waals surface area contributed by atoms with Crippen LogP contribution in [0.4, 0.5) is 5.69 Å². The lowest BCUT2D eigenvalue weighted by atomic mass is 10.1. The van der Waals surface area contributed by atoms with Crippen LogP contribution in [0.15, 0.2) is 24.3 Å². The second kappa shape index (κ2) is 5.75. The van der Waals surface area contributed by atoms with Gasteiger partial charge in [-0.3, -0.25) is 0 Å². The van der Waals surface area contributed by atoms with E-state index in [1.54, 1.807) is 0 Å². The Labute approximate surface area is 97.2 Å². The van der Waals surface area contributed by atoms with Crippen molar-refractivity contribution in [3.05, 3.63) is 24.3 Å². The highest BCUT2D eigenvalue weighted by molar-refractivity contribution is 5.46. The summed E-state index contributed by atoms with van der Waals surface area (Å²) < 4.78 is 5.40. The summed E-state index contributed by atoms with van der Waals surface area (Å²) in [5, 5.41) is 6.83. The number of hydrogen-bond donors (Lipinski definition) is 2. The molecule has 88 valence electrons. The molecule has 1 unspecified atom stereocenters. The second-order valence-electron chi connectivity index (χ2n) is 4.20. The Kier molecular flexibility index (Phi) is 4.05. The van der Waals surface area contributed by atoms with E-state index in [1.807, 2.05) is 19.1 Å². The average Bonchev–Trinajstić information content (AvgIpc) is 2.82. The van der Waals surface area contributed by atoms with Crippen LogP contribution in [0.3, 0.4) is 0 Å². The van der Waals surface area contributed by atoms with Gasteiger partial charge in [0.15, 0.2) is 0 Å². The first-order valence-electron chi connectivity index (χ1n) is 6.06. The van der Waals surface area contributed by atoms with Gasteiger partial charge >= 0.3 is 0 Å². The van der Waals surface area contributed by atoms with E-state index in [9.17, 15) is 0 Å². The molecule has 1 fully saturated rings. The molecule has 0 aliphatic carbocycles. The van der Waals surface area contributed by atoms with Crippen LogP contribution >= 0.6 is 0 Å². The molecule has 0 saturated carbocycles. The lowest BCUT2D eigenvalue weighted by molar-refractivity contribution is 0.340. The lowest BCUT2D eigenvalue weighted by Gasteiger charge is -2.11. The van der Waals surface area contributed by atoms with E-state index in [2.05, 4.69) is 22.8 Å². The fourth-order valence-corrected chi connectivity index (χ4v) is 1.99. The van der Waals surface area contributed by atoms with E-state index >= 15 is 0 Å². The molecule has 3 nitrogen and oxygen atoms in total. The molecule has 0 aromatic heterocycles. The molecule has 3 heteroatoms. The third-order valence-corrected chi connectivity index (χ3v) is 2.92. The average molecular weight is 220 g/mol. The predicted molar refractivity (Wildman–Crippen MR) is 67.1 cm³/mol. The zero-order chi connectivity index (χ0) is 11.2. The summed E-state index contributed by atoms with van der Waals surface area (Å²) in [6.45, 7) is 6.08. The van der Waals surface area contributed by atoms with E-state index in [0.29, 0.717) is 0 Å². The van der Waals surface area contributed by atoms with E-state index < -0.39 is 0 Å². The van der Waals surface area contributed by atoms with Gasteiger partial charge in [0, 0.05) is 12.2 Å². The highest BCUT2D eigenvalue weighted by Gasteiger charge is 2.13. The van der Waals surface area contributed by atoms with Crippen molar-refractivity contribution in [3.63, 3.8) is 0 Å². The number of hydrogen-bond acceptors (Lipinski definition) is 3. The van der Waals surface area contributed by atoms with Crippen LogP contribution in [0.25, 0.3) is 0 Å². The molecule has 2 rings (SSSR count). The minimum absolute atomic E-state index is 0.723. The zero-order valence-corrected chi connectivity index (χ0v) is 9.83. The van der Waals surface area contributed by atoms with Crippen molar-refractivity contribution >= 4 is 5.69 Å². The molecule has 1 aliphatic rings. The van der Waals surface area contributed by atoms with Crippen LogP contribution in [0.5, 0.6) is 5.75 Å². The van der Waals surface area contributed by atoms with Gasteiger partial charge in [-0.1, -0.05) is 0 Å². The molecule has 0 bridgehead atoms. The maximum absolute atomic E-state index is 5.40. The van der Waals surface area contributed by atoms with Crippen molar-refractivity contribution in [2.75, 3.05) is 31.6 Å². The zero-order valence-electron chi connectivity index (χ0n) is 9.83. The largest absolute Gasteiger partial charge is 0.494 e. The first-order valence-corrected chi connectivity index (χ1v) is 6.06. The third-order valence-electron chi connectivity index (χ3n) is 2.92. The lowest BCUT2D eigenvalue weighted by Crippen LogP contribution is -2.17.